The largest absolute Gasteiger partial charge is 0.486 e. The quantitative estimate of drug-likeness (QED) is 0.796. The number of hydrogen-bond acceptors (Lipinski definition) is 4. The summed E-state index contributed by atoms with van der Waals surface area (Å²) in [4.78, 5) is 5.41. The van der Waals surface area contributed by atoms with Crippen LogP contribution in [0.4, 0.5) is 0 Å². The summed E-state index contributed by atoms with van der Waals surface area (Å²) in [5, 5.41) is 9.71. The Morgan fingerprint density at radius 1 is 1.21 bits per heavy atom. The number of nitrogens with one attached hydrogen (secondary N) is 1. The van der Waals surface area contributed by atoms with Crippen molar-refractivity contribution in [3.63, 3.8) is 0 Å². The number of aromatic amines is 1. The van der Waals surface area contributed by atoms with Crippen LogP contribution in [0.3, 0.4) is 0 Å². The summed E-state index contributed by atoms with van der Waals surface area (Å²) < 4.78 is 5.59. The molecule has 2 aromatic heterocycles. The molecule has 0 saturated carbocycles. The van der Waals surface area contributed by atoms with Gasteiger partial charge in [-0.2, -0.15) is 5.10 Å². The molecule has 0 saturated heterocycles. The number of halogens is 1. The Labute approximate surface area is 119 Å². The summed E-state index contributed by atoms with van der Waals surface area (Å²) >= 11 is 7.41. The molecule has 0 radical (unpaired) electrons. The number of thiophene rings is 1. The smallest absolute Gasteiger partial charge is 0.191 e. The molecule has 0 aliphatic carbocycles. The van der Waals surface area contributed by atoms with Gasteiger partial charge in [0.2, 0.25) is 0 Å². The van der Waals surface area contributed by atoms with E-state index in [-0.39, 0.29) is 0 Å². The second-order valence-corrected chi connectivity index (χ2v) is 5.21. The van der Waals surface area contributed by atoms with Gasteiger partial charge in [-0.3, -0.25) is 5.10 Å². The Hall–Kier alpha value is -1.85. The summed E-state index contributed by atoms with van der Waals surface area (Å²) in [6, 6.07) is 11.2. The van der Waals surface area contributed by atoms with Crippen LogP contribution < -0.4 is 4.74 Å². The third kappa shape index (κ3) is 2.94. The van der Waals surface area contributed by atoms with Crippen LogP contribution in [-0.2, 0) is 6.61 Å². The molecular weight excluding hydrogens is 282 g/mol. The van der Waals surface area contributed by atoms with Gasteiger partial charge in [0.25, 0.3) is 0 Å². The normalized spacial score (nSPS) is 10.6. The van der Waals surface area contributed by atoms with Gasteiger partial charge in [0.05, 0.1) is 4.88 Å². The zero-order valence-corrected chi connectivity index (χ0v) is 11.4. The molecule has 0 aliphatic rings. The number of nitrogens with zero attached hydrogens (tertiary/aromatic N) is 2. The van der Waals surface area contributed by atoms with Crippen molar-refractivity contribution >= 4 is 22.9 Å². The minimum Gasteiger partial charge on any atom is -0.486 e. The topological polar surface area (TPSA) is 50.8 Å². The Morgan fingerprint density at radius 3 is 2.79 bits per heavy atom. The maximum absolute atomic E-state index is 5.81. The van der Waals surface area contributed by atoms with Crippen molar-refractivity contribution in [1.29, 1.82) is 0 Å². The van der Waals surface area contributed by atoms with Crippen molar-refractivity contribution in [2.75, 3.05) is 0 Å². The molecule has 3 aromatic rings. The van der Waals surface area contributed by atoms with Crippen molar-refractivity contribution < 1.29 is 4.74 Å². The summed E-state index contributed by atoms with van der Waals surface area (Å²) in [6.07, 6.45) is 0. The van der Waals surface area contributed by atoms with E-state index in [9.17, 15) is 0 Å². The zero-order valence-electron chi connectivity index (χ0n) is 9.84. The molecule has 96 valence electrons. The number of benzene rings is 1. The highest BCUT2D eigenvalue weighted by Gasteiger charge is 2.07. The van der Waals surface area contributed by atoms with Crippen LogP contribution in [0.15, 0.2) is 41.8 Å². The molecule has 6 heteroatoms. The SMILES string of the molecule is Clc1ccc(OCc2nc(-c3cccs3)n[nH]2)cc1. The van der Waals surface area contributed by atoms with Gasteiger partial charge < -0.3 is 4.74 Å². The van der Waals surface area contributed by atoms with E-state index >= 15 is 0 Å². The van der Waals surface area contributed by atoms with E-state index in [1.54, 1.807) is 23.5 Å². The molecule has 3 rings (SSSR count). The maximum atomic E-state index is 5.81. The lowest BCUT2D eigenvalue weighted by Crippen LogP contribution is -1.97. The lowest BCUT2D eigenvalue weighted by molar-refractivity contribution is 0.296. The van der Waals surface area contributed by atoms with Gasteiger partial charge in [0, 0.05) is 5.02 Å². The van der Waals surface area contributed by atoms with Crippen molar-refractivity contribution in [3.8, 4) is 16.5 Å². The van der Waals surface area contributed by atoms with Crippen molar-refractivity contribution in [2.45, 2.75) is 6.61 Å². The van der Waals surface area contributed by atoms with Crippen LogP contribution in [0, 0.1) is 0 Å². The zero-order chi connectivity index (χ0) is 13.1. The molecule has 0 spiro atoms. The van der Waals surface area contributed by atoms with Gasteiger partial charge in [-0.25, -0.2) is 4.98 Å². The van der Waals surface area contributed by atoms with Crippen molar-refractivity contribution in [2.24, 2.45) is 0 Å². The molecular formula is C13H10ClN3OS. The average Bonchev–Trinajstić information content (AvgIpc) is 3.09. The Balaban J connectivity index is 1.66. The van der Waals surface area contributed by atoms with E-state index in [2.05, 4.69) is 15.2 Å². The molecule has 19 heavy (non-hydrogen) atoms. The third-order valence-electron chi connectivity index (χ3n) is 2.46. The summed E-state index contributed by atoms with van der Waals surface area (Å²) in [5.41, 5.74) is 0. The number of H-pyrrole nitrogens is 1. The predicted molar refractivity (Wildman–Crippen MR) is 75.5 cm³/mol. The second-order valence-electron chi connectivity index (χ2n) is 3.83. The molecule has 4 nitrogen and oxygen atoms in total. The van der Waals surface area contributed by atoms with Crippen LogP contribution in [0.25, 0.3) is 10.7 Å². The van der Waals surface area contributed by atoms with E-state index in [1.165, 1.54) is 0 Å². The van der Waals surface area contributed by atoms with Crippen LogP contribution in [-0.4, -0.2) is 15.2 Å². The number of ether oxygens (including phenoxy) is 1. The third-order valence-corrected chi connectivity index (χ3v) is 3.58. The maximum Gasteiger partial charge on any atom is 0.191 e. The Morgan fingerprint density at radius 2 is 2.05 bits per heavy atom. The molecule has 2 heterocycles. The van der Waals surface area contributed by atoms with Gasteiger partial charge in [-0.1, -0.05) is 17.7 Å². The summed E-state index contributed by atoms with van der Waals surface area (Å²) in [6.45, 7) is 0.347. The van der Waals surface area contributed by atoms with E-state index < -0.39 is 0 Å². The molecule has 1 N–H and O–H groups in total. The molecule has 0 unspecified atom stereocenters. The first kappa shape index (κ1) is 12.2. The van der Waals surface area contributed by atoms with Gasteiger partial charge in [0.1, 0.15) is 12.4 Å². The molecule has 0 fully saturated rings. The fraction of sp³-hybridized carbons (Fsp3) is 0.0769. The highest BCUT2D eigenvalue weighted by molar-refractivity contribution is 7.13. The van der Waals surface area contributed by atoms with Gasteiger partial charge in [0.15, 0.2) is 11.6 Å². The van der Waals surface area contributed by atoms with Crippen LogP contribution in [0.2, 0.25) is 5.02 Å². The van der Waals surface area contributed by atoms with Crippen LogP contribution in [0.1, 0.15) is 5.82 Å². The Kier molecular flexibility index (Phi) is 3.48. The van der Waals surface area contributed by atoms with E-state index in [0.29, 0.717) is 23.3 Å². The summed E-state index contributed by atoms with van der Waals surface area (Å²) in [7, 11) is 0. The first-order chi connectivity index (χ1) is 9.31. The summed E-state index contributed by atoms with van der Waals surface area (Å²) in [5.74, 6) is 2.14. The average molecular weight is 292 g/mol. The van der Waals surface area contributed by atoms with Crippen molar-refractivity contribution in [1.82, 2.24) is 15.2 Å². The standard InChI is InChI=1S/C13H10ClN3OS/c14-9-3-5-10(6-4-9)18-8-12-15-13(17-16-12)11-2-1-7-19-11/h1-7H,8H2,(H,15,16,17). The van der Waals surface area contributed by atoms with E-state index in [1.807, 2.05) is 29.6 Å². The van der Waals surface area contributed by atoms with Crippen molar-refractivity contribution in [3.05, 3.63) is 52.6 Å². The fourth-order valence-corrected chi connectivity index (χ4v) is 2.34. The molecule has 0 atom stereocenters. The highest BCUT2D eigenvalue weighted by Crippen LogP contribution is 2.21. The minimum atomic E-state index is 0.347. The molecule has 0 aliphatic heterocycles. The molecule has 1 aromatic carbocycles. The molecule has 0 amide bonds. The number of rotatable bonds is 4. The van der Waals surface area contributed by atoms with Gasteiger partial charge in [-0.05, 0) is 35.7 Å². The fourth-order valence-electron chi connectivity index (χ4n) is 1.56. The van der Waals surface area contributed by atoms with E-state index in [4.69, 9.17) is 16.3 Å². The number of hydrogen-bond donors (Lipinski definition) is 1. The first-order valence-electron chi connectivity index (χ1n) is 5.65. The Bertz CT molecular complexity index is 649. The predicted octanol–water partition coefficient (Wildman–Crippen LogP) is 3.77. The first-order valence-corrected chi connectivity index (χ1v) is 6.90. The van der Waals surface area contributed by atoms with Gasteiger partial charge >= 0.3 is 0 Å². The van der Waals surface area contributed by atoms with Crippen LogP contribution >= 0.6 is 22.9 Å². The van der Waals surface area contributed by atoms with Crippen LogP contribution in [0.5, 0.6) is 5.75 Å². The second kappa shape index (κ2) is 5.42. The minimum absolute atomic E-state index is 0.347. The number of aromatic nitrogens is 3. The highest BCUT2D eigenvalue weighted by atomic mass is 35.5. The monoisotopic (exact) mass is 291 g/mol. The molecule has 0 bridgehead atoms. The lowest BCUT2D eigenvalue weighted by atomic mass is 10.3. The van der Waals surface area contributed by atoms with Gasteiger partial charge in [-0.15, -0.1) is 11.3 Å². The van der Waals surface area contributed by atoms with E-state index in [0.717, 1.165) is 10.6 Å². The lowest BCUT2D eigenvalue weighted by Gasteiger charge is -2.02.